The summed E-state index contributed by atoms with van der Waals surface area (Å²) in [4.78, 5) is 27.4. The van der Waals surface area contributed by atoms with Crippen LogP contribution in [0.2, 0.25) is 0 Å². The zero-order valence-corrected chi connectivity index (χ0v) is 10.9. The summed E-state index contributed by atoms with van der Waals surface area (Å²) in [7, 11) is 0. The summed E-state index contributed by atoms with van der Waals surface area (Å²) in [5.74, 6) is -1.00. The minimum Gasteiger partial charge on any atom is -0.301 e. The van der Waals surface area contributed by atoms with Crippen molar-refractivity contribution in [3.05, 3.63) is 30.1 Å². The number of carbonyl (C=O) groups excluding carboxylic acids is 2. The van der Waals surface area contributed by atoms with Crippen molar-refractivity contribution in [2.75, 3.05) is 0 Å². The summed E-state index contributed by atoms with van der Waals surface area (Å²) in [5, 5.41) is 3.27. The number of aromatic nitrogens is 1. The van der Waals surface area contributed by atoms with Gasteiger partial charge in [-0.25, -0.2) is 0 Å². The number of Topliss-reactive ketones (excluding diaryl/α,β-unsaturated/α-hetero) is 2. The molecule has 96 valence electrons. The SMILES string of the molecule is CCC(C)(C)NC1C(=O)C(=O)C1c1cccnc1. The molecule has 2 atom stereocenters. The van der Waals surface area contributed by atoms with Crippen LogP contribution in [0.1, 0.15) is 38.7 Å². The van der Waals surface area contributed by atoms with Crippen LogP contribution in [0, 0.1) is 0 Å². The van der Waals surface area contributed by atoms with E-state index in [0.29, 0.717) is 0 Å². The number of carbonyl (C=O) groups is 2. The van der Waals surface area contributed by atoms with Gasteiger partial charge in [0.05, 0.1) is 12.0 Å². The zero-order valence-electron chi connectivity index (χ0n) is 10.9. The Balaban J connectivity index is 2.20. The highest BCUT2D eigenvalue weighted by atomic mass is 16.2. The lowest BCUT2D eigenvalue weighted by Crippen LogP contribution is -2.63. The van der Waals surface area contributed by atoms with Crippen LogP contribution in [0.5, 0.6) is 0 Å². The van der Waals surface area contributed by atoms with Crippen molar-refractivity contribution in [1.82, 2.24) is 10.3 Å². The number of hydrogen-bond donors (Lipinski definition) is 1. The van der Waals surface area contributed by atoms with E-state index >= 15 is 0 Å². The molecule has 1 N–H and O–H groups in total. The van der Waals surface area contributed by atoms with Crippen LogP contribution in [0.15, 0.2) is 24.5 Å². The normalized spacial score (nSPS) is 23.9. The molecule has 2 unspecified atom stereocenters. The Kier molecular flexibility index (Phi) is 3.30. The molecule has 0 aromatic carbocycles. The fraction of sp³-hybridized carbons (Fsp3) is 0.500. The number of nitrogens with zero attached hydrogens (tertiary/aromatic N) is 1. The highest BCUT2D eigenvalue weighted by Gasteiger charge is 2.51. The molecular formula is C14H18N2O2. The number of nitrogens with one attached hydrogen (secondary N) is 1. The van der Waals surface area contributed by atoms with Crippen LogP contribution >= 0.6 is 0 Å². The van der Waals surface area contributed by atoms with E-state index in [-0.39, 0.29) is 23.0 Å². The van der Waals surface area contributed by atoms with Gasteiger partial charge in [-0.3, -0.25) is 14.6 Å². The fourth-order valence-corrected chi connectivity index (χ4v) is 2.09. The van der Waals surface area contributed by atoms with E-state index < -0.39 is 6.04 Å². The van der Waals surface area contributed by atoms with Crippen molar-refractivity contribution in [3.8, 4) is 0 Å². The van der Waals surface area contributed by atoms with E-state index in [4.69, 9.17) is 0 Å². The van der Waals surface area contributed by atoms with Crippen molar-refractivity contribution in [1.29, 1.82) is 0 Å². The Morgan fingerprint density at radius 2 is 2.06 bits per heavy atom. The summed E-state index contributed by atoms with van der Waals surface area (Å²) in [6.45, 7) is 6.11. The molecule has 4 nitrogen and oxygen atoms in total. The molecule has 0 bridgehead atoms. The lowest BCUT2D eigenvalue weighted by molar-refractivity contribution is -0.147. The average molecular weight is 246 g/mol. The molecule has 0 spiro atoms. The molecule has 2 rings (SSSR count). The van der Waals surface area contributed by atoms with E-state index in [1.165, 1.54) is 0 Å². The molecule has 0 aliphatic heterocycles. The van der Waals surface area contributed by atoms with Gasteiger partial charge in [-0.05, 0) is 31.9 Å². The van der Waals surface area contributed by atoms with Crippen LogP contribution in [0.25, 0.3) is 0 Å². The zero-order chi connectivity index (χ0) is 13.3. The first-order valence-corrected chi connectivity index (χ1v) is 6.22. The van der Waals surface area contributed by atoms with Crippen LogP contribution < -0.4 is 5.32 Å². The third-order valence-corrected chi connectivity index (χ3v) is 3.61. The molecular weight excluding hydrogens is 228 g/mol. The summed E-state index contributed by atoms with van der Waals surface area (Å²) in [5.41, 5.74) is 0.660. The van der Waals surface area contributed by atoms with Crippen molar-refractivity contribution >= 4 is 11.6 Å². The molecule has 1 heterocycles. The first-order valence-electron chi connectivity index (χ1n) is 6.22. The molecule has 1 aliphatic rings. The third-order valence-electron chi connectivity index (χ3n) is 3.61. The Hall–Kier alpha value is -1.55. The third kappa shape index (κ3) is 2.20. The van der Waals surface area contributed by atoms with Gasteiger partial charge in [0, 0.05) is 17.9 Å². The van der Waals surface area contributed by atoms with Gasteiger partial charge in [0.15, 0.2) is 0 Å². The number of pyridine rings is 1. The van der Waals surface area contributed by atoms with E-state index in [0.717, 1.165) is 12.0 Å². The number of hydrogen-bond acceptors (Lipinski definition) is 4. The standard InChI is InChI=1S/C14H18N2O2/c1-4-14(2,3)16-11-10(12(17)13(11)18)9-6-5-7-15-8-9/h5-8,10-11,16H,4H2,1-3H3. The van der Waals surface area contributed by atoms with Crippen molar-refractivity contribution in [3.63, 3.8) is 0 Å². The quantitative estimate of drug-likeness (QED) is 0.817. The predicted molar refractivity (Wildman–Crippen MR) is 68.3 cm³/mol. The van der Waals surface area contributed by atoms with Gasteiger partial charge < -0.3 is 5.32 Å². The minimum atomic E-state index is -0.406. The van der Waals surface area contributed by atoms with Crippen LogP contribution in [-0.4, -0.2) is 28.1 Å². The van der Waals surface area contributed by atoms with Crippen molar-refractivity contribution in [2.24, 2.45) is 0 Å². The van der Waals surface area contributed by atoms with E-state index in [9.17, 15) is 9.59 Å². The maximum atomic E-state index is 11.7. The predicted octanol–water partition coefficient (Wildman–Crippen LogP) is 1.46. The minimum absolute atomic E-state index is 0.151. The second-order valence-corrected chi connectivity index (χ2v) is 5.35. The van der Waals surface area contributed by atoms with E-state index in [2.05, 4.69) is 17.2 Å². The summed E-state index contributed by atoms with van der Waals surface area (Å²) < 4.78 is 0. The van der Waals surface area contributed by atoms with Crippen molar-refractivity contribution < 1.29 is 9.59 Å². The highest BCUT2D eigenvalue weighted by molar-refractivity contribution is 6.49. The Morgan fingerprint density at radius 3 is 2.61 bits per heavy atom. The second-order valence-electron chi connectivity index (χ2n) is 5.35. The lowest BCUT2D eigenvalue weighted by atomic mass is 9.72. The molecule has 1 fully saturated rings. The Labute approximate surface area is 107 Å². The first-order chi connectivity index (χ1) is 8.46. The number of rotatable bonds is 4. The average Bonchev–Trinajstić information content (AvgIpc) is 2.39. The summed E-state index contributed by atoms with van der Waals surface area (Å²) in [6.07, 6.45) is 4.21. The Morgan fingerprint density at radius 1 is 1.33 bits per heavy atom. The fourth-order valence-electron chi connectivity index (χ4n) is 2.09. The monoisotopic (exact) mass is 246 g/mol. The number of ketones is 2. The largest absolute Gasteiger partial charge is 0.301 e. The molecule has 1 aromatic heterocycles. The maximum Gasteiger partial charge on any atom is 0.217 e. The van der Waals surface area contributed by atoms with Crippen LogP contribution in [0.4, 0.5) is 0 Å². The van der Waals surface area contributed by atoms with Gasteiger partial charge in [0.2, 0.25) is 11.6 Å². The summed E-state index contributed by atoms with van der Waals surface area (Å²) in [6, 6.07) is 3.22. The smallest absolute Gasteiger partial charge is 0.217 e. The highest BCUT2D eigenvalue weighted by Crippen LogP contribution is 2.32. The van der Waals surface area contributed by atoms with Gasteiger partial charge in [-0.1, -0.05) is 13.0 Å². The molecule has 1 saturated carbocycles. The van der Waals surface area contributed by atoms with Gasteiger partial charge >= 0.3 is 0 Å². The van der Waals surface area contributed by atoms with Crippen molar-refractivity contribution in [2.45, 2.75) is 44.7 Å². The van der Waals surface area contributed by atoms with E-state index in [1.54, 1.807) is 18.5 Å². The molecule has 4 heteroatoms. The van der Waals surface area contributed by atoms with Gasteiger partial charge in [0.25, 0.3) is 0 Å². The molecule has 0 radical (unpaired) electrons. The molecule has 1 aliphatic carbocycles. The molecule has 1 aromatic rings. The van der Waals surface area contributed by atoms with Gasteiger partial charge in [-0.15, -0.1) is 0 Å². The lowest BCUT2D eigenvalue weighted by Gasteiger charge is -2.39. The maximum absolute atomic E-state index is 11.7. The second kappa shape index (κ2) is 4.61. The topological polar surface area (TPSA) is 59.1 Å². The Bertz CT molecular complexity index is 468. The van der Waals surface area contributed by atoms with Crippen LogP contribution in [-0.2, 0) is 9.59 Å². The van der Waals surface area contributed by atoms with E-state index in [1.807, 2.05) is 19.9 Å². The van der Waals surface area contributed by atoms with Gasteiger partial charge in [0.1, 0.15) is 0 Å². The summed E-state index contributed by atoms with van der Waals surface area (Å²) >= 11 is 0. The molecule has 18 heavy (non-hydrogen) atoms. The van der Waals surface area contributed by atoms with Gasteiger partial charge in [-0.2, -0.15) is 0 Å². The first kappa shape index (κ1) is 12.9. The van der Waals surface area contributed by atoms with Crippen LogP contribution in [0.3, 0.4) is 0 Å². The molecule has 0 amide bonds. The molecule has 0 saturated heterocycles.